The Bertz CT molecular complexity index is 773. The molecule has 1 saturated heterocycles. The van der Waals surface area contributed by atoms with Crippen LogP contribution in [0.1, 0.15) is 57.1 Å². The lowest BCUT2D eigenvalue weighted by Gasteiger charge is -2.33. The summed E-state index contributed by atoms with van der Waals surface area (Å²) in [6.07, 6.45) is 2.35. The maximum absolute atomic E-state index is 10.8. The van der Waals surface area contributed by atoms with Crippen molar-refractivity contribution < 1.29 is 51.4 Å². The number of benzene rings is 1. The van der Waals surface area contributed by atoms with Crippen LogP contribution in [0.2, 0.25) is 0 Å². The highest BCUT2D eigenvalue weighted by Gasteiger charge is 2.38. The van der Waals surface area contributed by atoms with E-state index in [1.165, 1.54) is 32.1 Å². The van der Waals surface area contributed by atoms with Crippen molar-refractivity contribution in [1.82, 2.24) is 4.90 Å². The second-order valence-corrected chi connectivity index (χ2v) is 9.21. The van der Waals surface area contributed by atoms with Gasteiger partial charge in [-0.1, -0.05) is 51.2 Å². The fourth-order valence-electron chi connectivity index (χ4n) is 3.25. The molecule has 0 amide bonds. The fourth-order valence-corrected chi connectivity index (χ4v) is 3.57. The number of carboxylic acid groups (broad SMARTS) is 1. The maximum Gasteiger partial charge on any atom is 0.490 e. The van der Waals surface area contributed by atoms with Gasteiger partial charge in [0.1, 0.15) is 5.75 Å². The lowest BCUT2D eigenvalue weighted by atomic mass is 10.1. The Morgan fingerprint density at radius 2 is 1.71 bits per heavy atom. The Balaban J connectivity index is 0.000000762. The minimum atomic E-state index is -5.08. The smallest absolute Gasteiger partial charge is 0.490 e. The molecule has 1 aromatic carbocycles. The Kier molecular flexibility index (Phi) is 14.4. The average Bonchev–Trinajstić information content (AvgIpc) is 2.78. The van der Waals surface area contributed by atoms with Crippen molar-refractivity contribution in [2.75, 3.05) is 39.5 Å². The SMILES string of the molecule is CCCCCCCCOc1ccc(C2CN(CCOP(=O)(O)O)CCO2)cc1.O=C(O)C(F)(F)F. The lowest BCUT2D eigenvalue weighted by Crippen LogP contribution is -2.40. The molecule has 1 unspecified atom stereocenters. The van der Waals surface area contributed by atoms with Crippen LogP contribution in [0.4, 0.5) is 13.2 Å². The van der Waals surface area contributed by atoms with Gasteiger partial charge >= 0.3 is 20.0 Å². The second-order valence-electron chi connectivity index (χ2n) is 7.97. The van der Waals surface area contributed by atoms with Gasteiger partial charge in [-0.05, 0) is 24.1 Å². The first-order valence-electron chi connectivity index (χ1n) is 11.5. The molecule has 1 fully saturated rings. The number of hydrogen-bond acceptors (Lipinski definition) is 6. The molecule has 1 atom stereocenters. The number of carbonyl (C=O) groups is 1. The third kappa shape index (κ3) is 15.1. The van der Waals surface area contributed by atoms with Gasteiger partial charge in [-0.15, -0.1) is 0 Å². The predicted octanol–water partition coefficient (Wildman–Crippen LogP) is 4.54. The minimum absolute atomic E-state index is 0.00220. The molecule has 1 aliphatic heterocycles. The first kappa shape index (κ1) is 31.3. The van der Waals surface area contributed by atoms with Crippen molar-refractivity contribution in [3.05, 3.63) is 29.8 Å². The standard InChI is InChI=1S/C20H34NO6P.C2HF3O2/c1-2-3-4-5-6-7-14-25-19-10-8-18(9-11-19)20-17-21(12-15-26-20)13-16-27-28(22,23)24;3-2(4,5)1(6)7/h8-11,20H,2-7,12-17H2,1H3,(H2,22,23,24);(H,6,7). The number of unbranched alkanes of at least 4 members (excludes halogenated alkanes) is 5. The second kappa shape index (κ2) is 16.1. The molecule has 0 aromatic heterocycles. The minimum Gasteiger partial charge on any atom is -0.494 e. The summed E-state index contributed by atoms with van der Waals surface area (Å²) in [5.74, 6) is -1.88. The number of halogens is 3. The van der Waals surface area contributed by atoms with Crippen molar-refractivity contribution in [2.45, 2.75) is 57.7 Å². The van der Waals surface area contributed by atoms with E-state index in [2.05, 4.69) is 16.3 Å². The zero-order valence-corrected chi connectivity index (χ0v) is 20.7. The van der Waals surface area contributed by atoms with Crippen LogP contribution in [0, 0.1) is 0 Å². The Morgan fingerprint density at radius 1 is 1.11 bits per heavy atom. The van der Waals surface area contributed by atoms with E-state index in [0.717, 1.165) is 30.9 Å². The van der Waals surface area contributed by atoms with E-state index >= 15 is 0 Å². The van der Waals surface area contributed by atoms with Crippen LogP contribution in [0.5, 0.6) is 5.75 Å². The molecular weight excluding hydrogens is 494 g/mol. The highest BCUT2D eigenvalue weighted by atomic mass is 31.2. The number of rotatable bonds is 13. The summed E-state index contributed by atoms with van der Waals surface area (Å²) in [4.78, 5) is 28.5. The summed E-state index contributed by atoms with van der Waals surface area (Å²) in [6, 6.07) is 8.00. The molecule has 9 nitrogen and oxygen atoms in total. The largest absolute Gasteiger partial charge is 0.494 e. The molecule has 0 spiro atoms. The zero-order valence-electron chi connectivity index (χ0n) is 19.8. The quantitative estimate of drug-likeness (QED) is 0.249. The van der Waals surface area contributed by atoms with E-state index in [9.17, 15) is 17.7 Å². The number of hydrogen-bond donors (Lipinski definition) is 3. The van der Waals surface area contributed by atoms with Crippen molar-refractivity contribution in [2.24, 2.45) is 0 Å². The van der Waals surface area contributed by atoms with Crippen LogP contribution in [-0.2, 0) is 18.6 Å². The van der Waals surface area contributed by atoms with Crippen molar-refractivity contribution in [1.29, 1.82) is 0 Å². The van der Waals surface area contributed by atoms with Crippen molar-refractivity contribution in [3.8, 4) is 5.75 Å². The van der Waals surface area contributed by atoms with E-state index in [0.29, 0.717) is 19.7 Å². The number of alkyl halides is 3. The molecule has 2 rings (SSSR count). The number of ether oxygens (including phenoxy) is 2. The van der Waals surface area contributed by atoms with Crippen LogP contribution in [0.25, 0.3) is 0 Å². The van der Waals surface area contributed by atoms with Gasteiger partial charge < -0.3 is 24.4 Å². The summed E-state index contributed by atoms with van der Waals surface area (Å²) >= 11 is 0. The van der Waals surface area contributed by atoms with Crippen LogP contribution in [0.15, 0.2) is 24.3 Å². The summed E-state index contributed by atoms with van der Waals surface area (Å²) in [7, 11) is -4.40. The van der Waals surface area contributed by atoms with Crippen LogP contribution < -0.4 is 4.74 Å². The highest BCUT2D eigenvalue weighted by Crippen LogP contribution is 2.35. The molecular formula is C22H35F3NO8P. The van der Waals surface area contributed by atoms with E-state index in [1.807, 2.05) is 24.3 Å². The van der Waals surface area contributed by atoms with Crippen molar-refractivity contribution in [3.63, 3.8) is 0 Å². The molecule has 35 heavy (non-hydrogen) atoms. The Morgan fingerprint density at radius 3 is 2.29 bits per heavy atom. The maximum atomic E-state index is 10.8. The van der Waals surface area contributed by atoms with Gasteiger partial charge in [-0.3, -0.25) is 9.42 Å². The number of phosphoric ester groups is 1. The van der Waals surface area contributed by atoms with Gasteiger partial charge in [0.15, 0.2) is 0 Å². The molecule has 0 radical (unpaired) electrons. The summed E-state index contributed by atoms with van der Waals surface area (Å²) < 4.78 is 58.7. The third-order valence-electron chi connectivity index (χ3n) is 5.08. The van der Waals surface area contributed by atoms with E-state index in [4.69, 9.17) is 29.2 Å². The topological polar surface area (TPSA) is 126 Å². The number of morpholine rings is 1. The molecule has 1 aliphatic rings. The normalized spacial score (nSPS) is 16.9. The van der Waals surface area contributed by atoms with Gasteiger partial charge in [0, 0.05) is 19.6 Å². The molecule has 0 saturated carbocycles. The van der Waals surface area contributed by atoms with Crippen molar-refractivity contribution >= 4 is 13.8 Å². The first-order valence-corrected chi connectivity index (χ1v) is 13.0. The highest BCUT2D eigenvalue weighted by molar-refractivity contribution is 7.46. The van der Waals surface area contributed by atoms with Crippen LogP contribution >= 0.6 is 7.82 Å². The Labute approximate surface area is 203 Å². The molecule has 13 heteroatoms. The zero-order chi connectivity index (χ0) is 26.3. The number of aliphatic carboxylic acids is 1. The summed E-state index contributed by atoms with van der Waals surface area (Å²) in [5.41, 5.74) is 1.08. The van der Waals surface area contributed by atoms with Gasteiger partial charge in [-0.2, -0.15) is 13.2 Å². The van der Waals surface area contributed by atoms with Gasteiger partial charge in [0.05, 0.1) is 25.9 Å². The van der Waals surface area contributed by atoms with Crippen LogP contribution in [0.3, 0.4) is 0 Å². The van der Waals surface area contributed by atoms with Crippen LogP contribution in [-0.4, -0.2) is 71.4 Å². The van der Waals surface area contributed by atoms with Gasteiger partial charge in [0.25, 0.3) is 0 Å². The lowest BCUT2D eigenvalue weighted by molar-refractivity contribution is -0.192. The van der Waals surface area contributed by atoms with E-state index < -0.39 is 20.0 Å². The van der Waals surface area contributed by atoms with Gasteiger partial charge in [0.2, 0.25) is 0 Å². The van der Waals surface area contributed by atoms with E-state index in [-0.39, 0.29) is 12.7 Å². The molecule has 0 aliphatic carbocycles. The fraction of sp³-hybridized carbons (Fsp3) is 0.682. The number of carboxylic acids is 1. The third-order valence-corrected chi connectivity index (χ3v) is 5.60. The van der Waals surface area contributed by atoms with Gasteiger partial charge in [-0.25, -0.2) is 9.36 Å². The summed E-state index contributed by atoms with van der Waals surface area (Å²) in [6.45, 7) is 5.41. The molecule has 202 valence electrons. The molecule has 0 bridgehead atoms. The number of nitrogens with zero attached hydrogens (tertiary/aromatic N) is 1. The number of phosphoric acid groups is 1. The monoisotopic (exact) mass is 529 g/mol. The Hall–Kier alpha value is -1.69. The van der Waals surface area contributed by atoms with E-state index in [1.54, 1.807) is 0 Å². The molecule has 1 aromatic rings. The average molecular weight is 529 g/mol. The summed E-state index contributed by atoms with van der Waals surface area (Å²) in [5, 5.41) is 7.12. The molecule has 1 heterocycles. The first-order chi connectivity index (χ1) is 16.4. The predicted molar refractivity (Wildman–Crippen MR) is 122 cm³/mol. The molecule has 3 N–H and O–H groups in total.